The maximum atomic E-state index is 13.4. The van der Waals surface area contributed by atoms with Gasteiger partial charge in [-0.2, -0.15) is 0 Å². The van der Waals surface area contributed by atoms with Gasteiger partial charge in [-0.25, -0.2) is 0 Å². The molecule has 250 valence electrons. The fraction of sp³-hybridized carbons (Fsp3) is 0.743. The minimum atomic E-state index is -1.05. The average Bonchev–Trinajstić information content (AvgIpc) is 3.01. The molecule has 1 fully saturated rings. The van der Waals surface area contributed by atoms with Gasteiger partial charge in [0.15, 0.2) is 0 Å². The molecule has 0 heterocycles. The third-order valence-corrected chi connectivity index (χ3v) is 8.90. The highest BCUT2D eigenvalue weighted by Crippen LogP contribution is 2.29. The van der Waals surface area contributed by atoms with Crippen molar-refractivity contribution in [3.63, 3.8) is 0 Å². The molecule has 0 aromatic heterocycles. The number of aliphatic hydroxyl groups excluding tert-OH is 2. The molecule has 0 aliphatic heterocycles. The van der Waals surface area contributed by atoms with Gasteiger partial charge < -0.3 is 31.1 Å². The number of benzene rings is 1. The van der Waals surface area contributed by atoms with Crippen molar-refractivity contribution in [2.45, 2.75) is 110 Å². The Morgan fingerprint density at radius 1 is 0.977 bits per heavy atom. The molecule has 1 aromatic carbocycles. The van der Waals surface area contributed by atoms with Gasteiger partial charge in [-0.1, -0.05) is 83.2 Å². The van der Waals surface area contributed by atoms with Gasteiger partial charge in [-0.3, -0.25) is 14.4 Å². The van der Waals surface area contributed by atoms with E-state index in [0.717, 1.165) is 50.6 Å². The predicted molar refractivity (Wildman–Crippen MR) is 176 cm³/mol. The van der Waals surface area contributed by atoms with E-state index < -0.39 is 30.1 Å². The Morgan fingerprint density at radius 3 is 2.30 bits per heavy atom. The summed E-state index contributed by atoms with van der Waals surface area (Å²) in [6.45, 7) is 7.39. The summed E-state index contributed by atoms with van der Waals surface area (Å²) in [4.78, 5) is 41.5. The van der Waals surface area contributed by atoms with E-state index in [2.05, 4.69) is 16.0 Å². The molecule has 0 bridgehead atoms. The smallest absolute Gasteiger partial charge is 0.224 e. The maximum Gasteiger partial charge on any atom is 0.224 e. The minimum absolute atomic E-state index is 0.0733. The van der Waals surface area contributed by atoms with Crippen molar-refractivity contribution in [3.8, 4) is 0 Å². The number of nitrogens with one attached hydrogen (secondary N) is 3. The molecule has 3 amide bonds. The number of aliphatic hydroxyl groups is 2. The first kappa shape index (κ1) is 37.7. The van der Waals surface area contributed by atoms with Crippen LogP contribution in [0.3, 0.4) is 0 Å². The zero-order valence-corrected chi connectivity index (χ0v) is 27.9. The second-order valence-electron chi connectivity index (χ2n) is 13.4. The lowest BCUT2D eigenvalue weighted by Crippen LogP contribution is -2.52. The van der Waals surface area contributed by atoms with E-state index in [4.69, 9.17) is 0 Å². The zero-order valence-electron chi connectivity index (χ0n) is 27.9. The molecule has 1 aliphatic carbocycles. The van der Waals surface area contributed by atoms with Crippen LogP contribution in [-0.4, -0.2) is 84.8 Å². The number of rotatable bonds is 20. The molecule has 2 rings (SSSR count). The summed E-state index contributed by atoms with van der Waals surface area (Å²) in [6, 6.07) is 9.11. The second-order valence-corrected chi connectivity index (χ2v) is 13.4. The maximum absolute atomic E-state index is 13.4. The summed E-state index contributed by atoms with van der Waals surface area (Å²) in [5, 5.41) is 30.8. The Hall–Kier alpha value is -2.49. The van der Waals surface area contributed by atoms with E-state index in [1.165, 1.54) is 6.42 Å². The molecular formula is C35H60N4O5. The van der Waals surface area contributed by atoms with Crippen molar-refractivity contribution in [2.24, 2.45) is 23.7 Å². The largest absolute Gasteiger partial charge is 0.390 e. The van der Waals surface area contributed by atoms with Gasteiger partial charge in [0.05, 0.1) is 24.0 Å². The van der Waals surface area contributed by atoms with Crippen LogP contribution in [0.15, 0.2) is 30.3 Å². The van der Waals surface area contributed by atoms with Crippen LogP contribution < -0.4 is 16.0 Å². The fourth-order valence-corrected chi connectivity index (χ4v) is 6.07. The zero-order chi connectivity index (χ0) is 32.5. The molecule has 44 heavy (non-hydrogen) atoms. The first-order valence-electron chi connectivity index (χ1n) is 16.9. The lowest BCUT2D eigenvalue weighted by Gasteiger charge is -2.33. The van der Waals surface area contributed by atoms with Crippen molar-refractivity contribution >= 4 is 17.7 Å². The van der Waals surface area contributed by atoms with Crippen LogP contribution >= 0.6 is 0 Å². The molecule has 0 unspecified atom stereocenters. The van der Waals surface area contributed by atoms with Crippen LogP contribution in [0.5, 0.6) is 0 Å². The highest BCUT2D eigenvalue weighted by molar-refractivity contribution is 5.86. The van der Waals surface area contributed by atoms with E-state index in [-0.39, 0.29) is 36.6 Å². The molecule has 0 radical (unpaired) electrons. The summed E-state index contributed by atoms with van der Waals surface area (Å²) in [5.74, 6) is -1.08. The number of carbonyl (C=O) groups is 3. The lowest BCUT2D eigenvalue weighted by molar-refractivity contribution is -0.135. The van der Waals surface area contributed by atoms with Crippen molar-refractivity contribution in [1.29, 1.82) is 0 Å². The SMILES string of the molecule is CNCCCCN(C)C(=O)C[C@@H](Cc1ccccc1)C(=O)NC[C@@H](C)C(=O)N[C@@H](CC1CCCCC1)[C@@H](O)[C@@H](O)CC(C)C. The average molecular weight is 617 g/mol. The quantitative estimate of drug-likeness (QED) is 0.142. The molecule has 9 nitrogen and oxygen atoms in total. The highest BCUT2D eigenvalue weighted by Gasteiger charge is 2.32. The van der Waals surface area contributed by atoms with Crippen LogP contribution in [-0.2, 0) is 20.8 Å². The number of nitrogens with zero attached hydrogens (tertiary/aromatic N) is 1. The molecule has 0 spiro atoms. The van der Waals surface area contributed by atoms with Crippen molar-refractivity contribution < 1.29 is 24.6 Å². The van der Waals surface area contributed by atoms with E-state index in [1.54, 1.807) is 18.9 Å². The van der Waals surface area contributed by atoms with E-state index in [9.17, 15) is 24.6 Å². The summed E-state index contributed by atoms with van der Waals surface area (Å²) in [6.07, 6.45) is 7.13. The molecular weight excluding hydrogens is 556 g/mol. The Bertz CT molecular complexity index is 969. The van der Waals surface area contributed by atoms with Crippen LogP contribution in [0.2, 0.25) is 0 Å². The number of unbranched alkanes of at least 4 members (excludes halogenated alkanes) is 1. The third-order valence-electron chi connectivity index (χ3n) is 8.90. The molecule has 0 saturated heterocycles. The summed E-state index contributed by atoms with van der Waals surface area (Å²) >= 11 is 0. The number of hydrogen-bond acceptors (Lipinski definition) is 6. The fourth-order valence-electron chi connectivity index (χ4n) is 6.07. The van der Waals surface area contributed by atoms with Gasteiger partial charge in [0.1, 0.15) is 6.10 Å². The van der Waals surface area contributed by atoms with Crippen LogP contribution in [0.25, 0.3) is 0 Å². The van der Waals surface area contributed by atoms with Gasteiger partial charge in [0.2, 0.25) is 17.7 Å². The Balaban J connectivity index is 2.02. The highest BCUT2D eigenvalue weighted by atomic mass is 16.3. The number of hydrogen-bond donors (Lipinski definition) is 5. The van der Waals surface area contributed by atoms with E-state index >= 15 is 0 Å². The van der Waals surface area contributed by atoms with E-state index in [1.807, 2.05) is 51.2 Å². The Labute approximate surface area is 265 Å². The standard InChI is InChI=1S/C35H60N4O5/c1-25(2)20-31(40)33(42)30(22-28-16-10-7-11-17-28)38-34(43)26(3)24-37-35(44)29(21-27-14-8-6-9-15-27)23-32(41)39(5)19-13-12-18-36-4/h6,8-9,14-15,25-26,28-31,33,36,40,42H,7,10-13,16-24H2,1-5H3,(H,37,44)(H,38,43)/t26-,29-,30+,31+,33-/m1/s1. The van der Waals surface area contributed by atoms with Gasteiger partial charge >= 0.3 is 0 Å². The molecule has 1 saturated carbocycles. The Kier molecular flexibility index (Phi) is 17.6. The summed E-state index contributed by atoms with van der Waals surface area (Å²) in [5.41, 5.74) is 0.974. The predicted octanol–water partition coefficient (Wildman–Crippen LogP) is 3.67. The van der Waals surface area contributed by atoms with Gasteiger partial charge in [0, 0.05) is 26.6 Å². The van der Waals surface area contributed by atoms with E-state index in [0.29, 0.717) is 31.7 Å². The third kappa shape index (κ3) is 14.1. The molecule has 5 N–H and O–H groups in total. The lowest BCUT2D eigenvalue weighted by atomic mass is 9.82. The van der Waals surface area contributed by atoms with Crippen LogP contribution in [0.1, 0.15) is 90.5 Å². The van der Waals surface area contributed by atoms with Gasteiger partial charge in [-0.05, 0) is 63.1 Å². The van der Waals surface area contributed by atoms with Crippen molar-refractivity contribution in [3.05, 3.63) is 35.9 Å². The summed E-state index contributed by atoms with van der Waals surface area (Å²) in [7, 11) is 3.69. The van der Waals surface area contributed by atoms with Crippen LogP contribution in [0.4, 0.5) is 0 Å². The van der Waals surface area contributed by atoms with Gasteiger partial charge in [-0.15, -0.1) is 0 Å². The van der Waals surface area contributed by atoms with Crippen molar-refractivity contribution in [1.82, 2.24) is 20.9 Å². The topological polar surface area (TPSA) is 131 Å². The van der Waals surface area contributed by atoms with Crippen LogP contribution in [0, 0.1) is 23.7 Å². The van der Waals surface area contributed by atoms with Gasteiger partial charge in [0.25, 0.3) is 0 Å². The monoisotopic (exact) mass is 616 g/mol. The molecule has 1 aliphatic rings. The molecule has 9 heteroatoms. The number of carbonyl (C=O) groups excluding carboxylic acids is 3. The van der Waals surface area contributed by atoms with Crippen molar-refractivity contribution in [2.75, 3.05) is 33.7 Å². The molecule has 5 atom stereocenters. The first-order chi connectivity index (χ1) is 21.0. The minimum Gasteiger partial charge on any atom is -0.390 e. The number of amides is 3. The second kappa shape index (κ2) is 20.5. The normalized spacial score (nSPS) is 17.4. The Morgan fingerprint density at radius 2 is 1.66 bits per heavy atom. The molecule has 1 aromatic rings. The summed E-state index contributed by atoms with van der Waals surface area (Å²) < 4.78 is 0. The first-order valence-corrected chi connectivity index (χ1v) is 16.9.